The summed E-state index contributed by atoms with van der Waals surface area (Å²) in [6.07, 6.45) is 1.78. The van der Waals surface area contributed by atoms with Gasteiger partial charge in [-0.2, -0.15) is 0 Å². The second-order valence-corrected chi connectivity index (χ2v) is 7.53. The Morgan fingerprint density at radius 2 is 1.76 bits per heavy atom. The molecule has 0 bridgehead atoms. The first kappa shape index (κ1) is 19.5. The minimum atomic E-state index is -0.346. The Bertz CT molecular complexity index is 927. The fourth-order valence-corrected chi connectivity index (χ4v) is 4.25. The Morgan fingerprint density at radius 3 is 2.52 bits per heavy atom. The molecule has 0 spiro atoms. The van der Waals surface area contributed by atoms with E-state index in [4.69, 9.17) is 9.47 Å². The number of methoxy groups -OCH3 is 2. The first-order chi connectivity index (χ1) is 14.1. The maximum atomic E-state index is 13.0. The van der Waals surface area contributed by atoms with Crippen molar-refractivity contribution >= 4 is 11.8 Å². The van der Waals surface area contributed by atoms with Gasteiger partial charge >= 0.3 is 0 Å². The van der Waals surface area contributed by atoms with Crippen LogP contribution >= 0.6 is 0 Å². The average Bonchev–Trinajstić information content (AvgIpc) is 3.05. The van der Waals surface area contributed by atoms with E-state index in [0.29, 0.717) is 24.5 Å². The summed E-state index contributed by atoms with van der Waals surface area (Å²) in [5, 5.41) is 0. The lowest BCUT2D eigenvalue weighted by Crippen LogP contribution is -2.44. The van der Waals surface area contributed by atoms with Crippen molar-refractivity contribution in [1.29, 1.82) is 0 Å². The predicted molar refractivity (Wildman–Crippen MR) is 109 cm³/mol. The van der Waals surface area contributed by atoms with Gasteiger partial charge in [0.1, 0.15) is 0 Å². The van der Waals surface area contributed by atoms with Gasteiger partial charge in [0.05, 0.1) is 26.7 Å². The van der Waals surface area contributed by atoms with E-state index in [-0.39, 0.29) is 24.3 Å². The number of carbonyl (C=O) groups excluding carboxylic acids is 2. The molecule has 4 rings (SSSR count). The predicted octanol–water partition coefficient (Wildman–Crippen LogP) is 2.43. The summed E-state index contributed by atoms with van der Waals surface area (Å²) in [6.45, 7) is 1.92. The van der Waals surface area contributed by atoms with Crippen LogP contribution in [0.1, 0.15) is 23.1 Å². The highest BCUT2D eigenvalue weighted by Gasteiger charge is 2.42. The number of rotatable bonds is 6. The number of likely N-dealkylation sites (tertiary alicyclic amines) is 1. The number of nitrogens with zero attached hydrogens (tertiary/aromatic N) is 2. The topological polar surface area (TPSA) is 59.1 Å². The first-order valence-corrected chi connectivity index (χ1v) is 9.96. The number of hydrogen-bond donors (Lipinski definition) is 0. The van der Waals surface area contributed by atoms with Crippen LogP contribution in [-0.2, 0) is 29.0 Å². The fourth-order valence-electron chi connectivity index (χ4n) is 4.25. The molecule has 6 nitrogen and oxygen atoms in total. The minimum Gasteiger partial charge on any atom is -0.493 e. The molecule has 152 valence electrons. The van der Waals surface area contributed by atoms with Gasteiger partial charge in [-0.1, -0.05) is 30.3 Å². The Morgan fingerprint density at radius 1 is 1.00 bits per heavy atom. The van der Waals surface area contributed by atoms with Crippen LogP contribution in [0.2, 0.25) is 0 Å². The number of benzene rings is 2. The van der Waals surface area contributed by atoms with E-state index < -0.39 is 0 Å². The first-order valence-electron chi connectivity index (χ1n) is 9.96. The van der Waals surface area contributed by atoms with Crippen LogP contribution in [0.5, 0.6) is 11.5 Å². The molecular weight excluding hydrogens is 368 g/mol. The molecule has 0 radical (unpaired) electrons. The third-order valence-corrected chi connectivity index (χ3v) is 5.89. The molecule has 29 heavy (non-hydrogen) atoms. The monoisotopic (exact) mass is 394 g/mol. The molecule has 0 aromatic heterocycles. The molecule has 2 aliphatic rings. The SMILES string of the molecule is COc1ccc(CCN2C(=O)CC(N3CCc4ccccc4C3)C2=O)cc1OC. The molecule has 2 aliphatic heterocycles. The van der Waals surface area contributed by atoms with E-state index in [9.17, 15) is 9.59 Å². The molecule has 2 aromatic rings. The number of fused-ring (bicyclic) bond motifs is 1. The van der Waals surface area contributed by atoms with Crippen molar-refractivity contribution < 1.29 is 19.1 Å². The number of hydrogen-bond acceptors (Lipinski definition) is 5. The molecule has 2 amide bonds. The van der Waals surface area contributed by atoms with Gasteiger partial charge < -0.3 is 9.47 Å². The van der Waals surface area contributed by atoms with E-state index in [2.05, 4.69) is 23.1 Å². The summed E-state index contributed by atoms with van der Waals surface area (Å²) >= 11 is 0. The van der Waals surface area contributed by atoms with E-state index in [1.165, 1.54) is 16.0 Å². The minimum absolute atomic E-state index is 0.0742. The van der Waals surface area contributed by atoms with Gasteiger partial charge in [-0.15, -0.1) is 0 Å². The van der Waals surface area contributed by atoms with Crippen molar-refractivity contribution in [2.45, 2.75) is 31.8 Å². The van der Waals surface area contributed by atoms with Crippen LogP contribution in [0.4, 0.5) is 0 Å². The second kappa shape index (κ2) is 8.25. The van der Waals surface area contributed by atoms with Crippen LogP contribution in [0.25, 0.3) is 0 Å². The molecule has 2 heterocycles. The summed E-state index contributed by atoms with van der Waals surface area (Å²) in [7, 11) is 3.19. The van der Waals surface area contributed by atoms with Crippen molar-refractivity contribution in [3.05, 3.63) is 59.2 Å². The molecule has 0 N–H and O–H groups in total. The van der Waals surface area contributed by atoms with Gasteiger partial charge in [0.25, 0.3) is 0 Å². The average molecular weight is 394 g/mol. The Labute approximate surface area is 171 Å². The highest BCUT2D eigenvalue weighted by Crippen LogP contribution is 2.29. The zero-order valence-corrected chi connectivity index (χ0v) is 16.9. The quantitative estimate of drug-likeness (QED) is 0.705. The number of carbonyl (C=O) groups is 2. The van der Waals surface area contributed by atoms with Crippen LogP contribution in [0, 0.1) is 0 Å². The van der Waals surface area contributed by atoms with Gasteiger partial charge in [0.15, 0.2) is 11.5 Å². The lowest BCUT2D eigenvalue weighted by atomic mass is 9.98. The van der Waals surface area contributed by atoms with Crippen molar-refractivity contribution in [1.82, 2.24) is 9.80 Å². The highest BCUT2D eigenvalue weighted by molar-refractivity contribution is 6.05. The van der Waals surface area contributed by atoms with Crippen LogP contribution in [-0.4, -0.2) is 55.0 Å². The normalized spacial score (nSPS) is 19.4. The van der Waals surface area contributed by atoms with Crippen LogP contribution in [0.3, 0.4) is 0 Å². The number of ether oxygens (including phenoxy) is 2. The molecule has 1 fully saturated rings. The summed E-state index contributed by atoms with van der Waals surface area (Å²) in [4.78, 5) is 29.1. The van der Waals surface area contributed by atoms with Crippen molar-refractivity contribution in [2.24, 2.45) is 0 Å². The molecule has 0 aliphatic carbocycles. The van der Waals surface area contributed by atoms with Gasteiger partial charge in [-0.05, 0) is 41.7 Å². The molecule has 1 saturated heterocycles. The van der Waals surface area contributed by atoms with E-state index in [1.807, 2.05) is 24.3 Å². The third kappa shape index (κ3) is 3.85. The standard InChI is InChI=1S/C23H26N2O4/c1-28-20-8-7-16(13-21(20)29-2)9-12-25-22(26)14-19(23(25)27)24-11-10-17-5-3-4-6-18(17)15-24/h3-8,13,19H,9-12,14-15H2,1-2H3. The molecule has 0 saturated carbocycles. The summed E-state index contributed by atoms with van der Waals surface area (Å²) in [6, 6.07) is 13.7. The summed E-state index contributed by atoms with van der Waals surface area (Å²) in [5.74, 6) is 1.15. The van der Waals surface area contributed by atoms with E-state index >= 15 is 0 Å². The molecule has 6 heteroatoms. The number of amides is 2. The Kier molecular flexibility index (Phi) is 5.53. The zero-order valence-electron chi connectivity index (χ0n) is 16.9. The zero-order chi connectivity index (χ0) is 20.4. The highest BCUT2D eigenvalue weighted by atomic mass is 16.5. The summed E-state index contributed by atoms with van der Waals surface area (Å²) < 4.78 is 10.6. The summed E-state index contributed by atoms with van der Waals surface area (Å²) in [5.41, 5.74) is 3.59. The van der Waals surface area contributed by atoms with Crippen molar-refractivity contribution in [2.75, 3.05) is 27.3 Å². The Balaban J connectivity index is 1.41. The molecule has 1 unspecified atom stereocenters. The lowest BCUT2D eigenvalue weighted by molar-refractivity contribution is -0.139. The maximum absolute atomic E-state index is 13.0. The van der Waals surface area contributed by atoms with Gasteiger partial charge in [0, 0.05) is 19.6 Å². The van der Waals surface area contributed by atoms with Gasteiger partial charge in [-0.3, -0.25) is 19.4 Å². The third-order valence-electron chi connectivity index (χ3n) is 5.89. The van der Waals surface area contributed by atoms with Crippen LogP contribution < -0.4 is 9.47 Å². The molecular formula is C23H26N2O4. The number of imide groups is 1. The Hall–Kier alpha value is -2.86. The fraction of sp³-hybridized carbons (Fsp3) is 0.391. The maximum Gasteiger partial charge on any atom is 0.247 e. The largest absolute Gasteiger partial charge is 0.493 e. The van der Waals surface area contributed by atoms with E-state index in [0.717, 1.165) is 25.1 Å². The van der Waals surface area contributed by atoms with Crippen molar-refractivity contribution in [3.63, 3.8) is 0 Å². The van der Waals surface area contributed by atoms with Gasteiger partial charge in [0.2, 0.25) is 11.8 Å². The smallest absolute Gasteiger partial charge is 0.247 e. The van der Waals surface area contributed by atoms with Gasteiger partial charge in [-0.25, -0.2) is 0 Å². The molecule has 1 atom stereocenters. The van der Waals surface area contributed by atoms with Crippen molar-refractivity contribution in [3.8, 4) is 11.5 Å². The van der Waals surface area contributed by atoms with Crippen LogP contribution in [0.15, 0.2) is 42.5 Å². The second-order valence-electron chi connectivity index (χ2n) is 7.53. The lowest BCUT2D eigenvalue weighted by Gasteiger charge is -2.32. The molecule has 2 aromatic carbocycles. The van der Waals surface area contributed by atoms with E-state index in [1.54, 1.807) is 14.2 Å².